The molecule has 3 rings (SSSR count). The van der Waals surface area contributed by atoms with E-state index in [1.54, 1.807) is 5.38 Å². The van der Waals surface area contributed by atoms with E-state index in [1.165, 1.54) is 17.5 Å². The minimum absolute atomic E-state index is 0.0668. The van der Waals surface area contributed by atoms with Crippen LogP contribution in [0.2, 0.25) is 0 Å². The lowest BCUT2D eigenvalue weighted by Gasteiger charge is -2.23. The van der Waals surface area contributed by atoms with Crippen molar-refractivity contribution < 1.29 is 17.9 Å². The van der Waals surface area contributed by atoms with Crippen LogP contribution >= 0.6 is 11.3 Å². The summed E-state index contributed by atoms with van der Waals surface area (Å²) in [5.41, 5.74) is 0. The van der Waals surface area contributed by atoms with Crippen molar-refractivity contribution >= 4 is 27.3 Å². The number of fused-ring (bicyclic) bond motifs is 2. The molecule has 3 heterocycles. The molecule has 0 aromatic carbocycles. The van der Waals surface area contributed by atoms with Gasteiger partial charge in [0.05, 0.1) is 7.11 Å². The molecule has 2 saturated heterocycles. The maximum atomic E-state index is 12.8. The molecule has 1 aromatic rings. The first-order valence-corrected chi connectivity index (χ1v) is 9.26. The molecule has 6 nitrogen and oxygen atoms in total. The standard InChI is InChI=1S/C13H18N2O4S2/c1-19-13(16)12-11(5-7-20-12)21(17,18)15-6-4-9-2-3-10(8-15)14-9/h5,7,9-10,14H,2-4,6,8H2,1H3. The molecule has 8 heteroatoms. The van der Waals surface area contributed by atoms with Crippen molar-refractivity contribution in [2.24, 2.45) is 0 Å². The van der Waals surface area contributed by atoms with Crippen molar-refractivity contribution in [3.05, 3.63) is 16.3 Å². The lowest BCUT2D eigenvalue weighted by molar-refractivity contribution is 0.0602. The Bertz CT molecular complexity index is 640. The Labute approximate surface area is 128 Å². The molecule has 0 aliphatic carbocycles. The smallest absolute Gasteiger partial charge is 0.349 e. The SMILES string of the molecule is COC(=O)c1sccc1S(=O)(=O)N1CCC2CCC(C1)N2. The molecule has 116 valence electrons. The molecule has 1 N–H and O–H groups in total. The summed E-state index contributed by atoms with van der Waals surface area (Å²) >= 11 is 1.10. The van der Waals surface area contributed by atoms with Gasteiger partial charge in [-0.2, -0.15) is 4.31 Å². The van der Waals surface area contributed by atoms with Crippen LogP contribution in [0, 0.1) is 0 Å². The molecular formula is C13H18N2O4S2. The third kappa shape index (κ3) is 2.73. The molecule has 2 aliphatic rings. The van der Waals surface area contributed by atoms with E-state index in [2.05, 4.69) is 10.1 Å². The molecule has 2 bridgehead atoms. The fourth-order valence-corrected chi connectivity index (χ4v) is 5.82. The number of carbonyl (C=O) groups is 1. The highest BCUT2D eigenvalue weighted by Gasteiger charge is 2.37. The summed E-state index contributed by atoms with van der Waals surface area (Å²) < 4.78 is 31.8. The van der Waals surface area contributed by atoms with E-state index in [0.29, 0.717) is 19.1 Å². The average molecular weight is 330 g/mol. The zero-order valence-electron chi connectivity index (χ0n) is 11.7. The van der Waals surface area contributed by atoms with Crippen molar-refractivity contribution in [1.82, 2.24) is 9.62 Å². The number of thiophene rings is 1. The number of esters is 1. The quantitative estimate of drug-likeness (QED) is 0.839. The largest absolute Gasteiger partial charge is 0.465 e. The third-order valence-electron chi connectivity index (χ3n) is 4.10. The number of sulfonamides is 1. The Morgan fingerprint density at radius 1 is 1.38 bits per heavy atom. The van der Waals surface area contributed by atoms with Gasteiger partial charge >= 0.3 is 5.97 Å². The summed E-state index contributed by atoms with van der Waals surface area (Å²) in [5, 5.41) is 5.07. The van der Waals surface area contributed by atoms with Crippen LogP contribution in [0.25, 0.3) is 0 Å². The Balaban J connectivity index is 1.90. The normalized spacial score (nSPS) is 26.5. The van der Waals surface area contributed by atoms with E-state index in [1.807, 2.05) is 0 Å². The van der Waals surface area contributed by atoms with E-state index >= 15 is 0 Å². The Morgan fingerprint density at radius 3 is 2.90 bits per heavy atom. The zero-order valence-corrected chi connectivity index (χ0v) is 13.4. The predicted molar refractivity (Wildman–Crippen MR) is 79.0 cm³/mol. The molecule has 0 amide bonds. The molecular weight excluding hydrogens is 312 g/mol. The first-order chi connectivity index (χ1) is 10.0. The Kier molecular flexibility index (Phi) is 4.04. The molecule has 21 heavy (non-hydrogen) atoms. The van der Waals surface area contributed by atoms with Gasteiger partial charge in [0.25, 0.3) is 0 Å². The first kappa shape index (κ1) is 15.0. The van der Waals surface area contributed by atoms with E-state index in [-0.39, 0.29) is 15.8 Å². The van der Waals surface area contributed by atoms with Gasteiger partial charge in [-0.15, -0.1) is 11.3 Å². The lowest BCUT2D eigenvalue weighted by atomic mass is 10.1. The lowest BCUT2D eigenvalue weighted by Crippen LogP contribution is -2.39. The van der Waals surface area contributed by atoms with Crippen LogP contribution in [0.5, 0.6) is 0 Å². The van der Waals surface area contributed by atoms with E-state index in [0.717, 1.165) is 30.6 Å². The van der Waals surface area contributed by atoms with E-state index in [4.69, 9.17) is 0 Å². The molecule has 2 fully saturated rings. The Morgan fingerprint density at radius 2 is 2.14 bits per heavy atom. The summed E-state index contributed by atoms with van der Waals surface area (Å²) in [6, 6.07) is 2.12. The summed E-state index contributed by atoms with van der Waals surface area (Å²) in [6.45, 7) is 0.961. The highest BCUT2D eigenvalue weighted by atomic mass is 32.2. The summed E-state index contributed by atoms with van der Waals surface area (Å²) in [4.78, 5) is 11.9. The monoisotopic (exact) mass is 330 g/mol. The highest BCUT2D eigenvalue weighted by Crippen LogP contribution is 2.29. The number of ether oxygens (including phenoxy) is 1. The van der Waals surface area contributed by atoms with Gasteiger partial charge in [-0.05, 0) is 30.7 Å². The topological polar surface area (TPSA) is 75.7 Å². The predicted octanol–water partition coefficient (Wildman–Crippen LogP) is 1.05. The summed E-state index contributed by atoms with van der Waals surface area (Å²) in [6.07, 6.45) is 2.93. The number of methoxy groups -OCH3 is 1. The molecule has 0 spiro atoms. The van der Waals surface area contributed by atoms with Gasteiger partial charge in [0.1, 0.15) is 9.77 Å². The second-order valence-corrected chi connectivity index (χ2v) is 8.22. The fraction of sp³-hybridized carbons (Fsp3) is 0.615. The van der Waals surface area contributed by atoms with Crippen molar-refractivity contribution in [3.63, 3.8) is 0 Å². The van der Waals surface area contributed by atoms with Crippen LogP contribution in [0.3, 0.4) is 0 Å². The van der Waals surface area contributed by atoms with Gasteiger partial charge in [0, 0.05) is 25.2 Å². The number of rotatable bonds is 3. The van der Waals surface area contributed by atoms with Crippen LogP contribution in [0.4, 0.5) is 0 Å². The molecule has 2 aliphatic heterocycles. The van der Waals surface area contributed by atoms with Crippen LogP contribution in [-0.2, 0) is 14.8 Å². The van der Waals surface area contributed by atoms with Crippen LogP contribution in [-0.4, -0.2) is 51.0 Å². The van der Waals surface area contributed by atoms with Gasteiger partial charge in [-0.25, -0.2) is 13.2 Å². The van der Waals surface area contributed by atoms with Gasteiger partial charge in [-0.1, -0.05) is 0 Å². The molecule has 2 atom stereocenters. The first-order valence-electron chi connectivity index (χ1n) is 6.94. The molecule has 0 radical (unpaired) electrons. The van der Waals surface area contributed by atoms with Crippen molar-refractivity contribution in [2.75, 3.05) is 20.2 Å². The van der Waals surface area contributed by atoms with Crippen LogP contribution in [0.1, 0.15) is 28.9 Å². The minimum atomic E-state index is -3.65. The van der Waals surface area contributed by atoms with Crippen LogP contribution in [0.15, 0.2) is 16.3 Å². The van der Waals surface area contributed by atoms with Gasteiger partial charge in [0.15, 0.2) is 0 Å². The van der Waals surface area contributed by atoms with Crippen molar-refractivity contribution in [2.45, 2.75) is 36.2 Å². The molecule has 2 unspecified atom stereocenters. The van der Waals surface area contributed by atoms with Gasteiger partial charge in [-0.3, -0.25) is 0 Å². The van der Waals surface area contributed by atoms with E-state index < -0.39 is 16.0 Å². The van der Waals surface area contributed by atoms with Gasteiger partial charge < -0.3 is 10.1 Å². The fourth-order valence-electron chi connectivity index (χ4n) is 3.01. The zero-order chi connectivity index (χ0) is 15.0. The number of hydrogen-bond acceptors (Lipinski definition) is 6. The number of carbonyl (C=O) groups excluding carboxylic acids is 1. The highest BCUT2D eigenvalue weighted by molar-refractivity contribution is 7.89. The maximum Gasteiger partial charge on any atom is 0.349 e. The second-order valence-electron chi connectivity index (χ2n) is 5.40. The van der Waals surface area contributed by atoms with Gasteiger partial charge in [0.2, 0.25) is 10.0 Å². The van der Waals surface area contributed by atoms with Crippen LogP contribution < -0.4 is 5.32 Å². The molecule has 0 saturated carbocycles. The number of nitrogens with zero attached hydrogens (tertiary/aromatic N) is 1. The average Bonchev–Trinajstić information content (AvgIpc) is 3.04. The Hall–Kier alpha value is -0.960. The number of nitrogens with one attached hydrogen (secondary N) is 1. The summed E-state index contributed by atoms with van der Waals surface area (Å²) in [7, 11) is -2.39. The minimum Gasteiger partial charge on any atom is -0.465 e. The summed E-state index contributed by atoms with van der Waals surface area (Å²) in [5.74, 6) is -0.599. The van der Waals surface area contributed by atoms with E-state index in [9.17, 15) is 13.2 Å². The van der Waals surface area contributed by atoms with Crippen molar-refractivity contribution in [3.8, 4) is 0 Å². The number of hydrogen-bond donors (Lipinski definition) is 1. The second kappa shape index (κ2) is 5.68. The third-order valence-corrected chi connectivity index (χ3v) is 7.03. The maximum absolute atomic E-state index is 12.8. The van der Waals surface area contributed by atoms with Crippen molar-refractivity contribution in [1.29, 1.82) is 0 Å². The molecule has 1 aromatic heterocycles.